The fourth-order valence-corrected chi connectivity index (χ4v) is 3.85. The first-order valence-corrected chi connectivity index (χ1v) is 10.2. The van der Waals surface area contributed by atoms with Crippen LogP contribution in [0.25, 0.3) is 5.69 Å². The smallest absolute Gasteiger partial charge is 0.350 e. The van der Waals surface area contributed by atoms with Crippen molar-refractivity contribution in [2.75, 3.05) is 13.6 Å². The molecule has 3 aromatic rings. The van der Waals surface area contributed by atoms with E-state index in [1.807, 2.05) is 0 Å². The zero-order valence-corrected chi connectivity index (χ0v) is 18.0. The van der Waals surface area contributed by atoms with Crippen LogP contribution in [0.3, 0.4) is 0 Å². The highest BCUT2D eigenvalue weighted by molar-refractivity contribution is 7.12. The molecule has 0 radical (unpaired) electrons. The molecule has 0 aliphatic carbocycles. The second-order valence-corrected chi connectivity index (χ2v) is 8.04. The number of aromatic nitrogens is 2. The molecule has 2 heterocycles. The molecule has 6 nitrogen and oxygen atoms in total. The first-order chi connectivity index (χ1) is 14.6. The molecule has 0 fully saturated rings. The number of hydrogen-bond acceptors (Lipinski definition) is 4. The van der Waals surface area contributed by atoms with Crippen LogP contribution in [0.5, 0.6) is 0 Å². The molecule has 0 bridgehead atoms. The van der Waals surface area contributed by atoms with Crippen LogP contribution in [0.4, 0.5) is 13.2 Å². The summed E-state index contributed by atoms with van der Waals surface area (Å²) in [6, 6.07) is 9.02. The van der Waals surface area contributed by atoms with E-state index in [0.717, 1.165) is 6.07 Å². The predicted octanol–water partition coefficient (Wildman–Crippen LogP) is 3.96. The van der Waals surface area contributed by atoms with Gasteiger partial charge in [0.25, 0.3) is 5.91 Å². The van der Waals surface area contributed by atoms with Crippen LogP contribution in [0.2, 0.25) is 0 Å². The lowest BCUT2D eigenvalue weighted by molar-refractivity contribution is -0.138. The molecule has 0 aliphatic heterocycles. The Bertz CT molecular complexity index is 1090. The maximum Gasteiger partial charge on any atom is 0.416 e. The fraction of sp³-hybridized carbons (Fsp3) is 0.286. The van der Waals surface area contributed by atoms with Gasteiger partial charge in [0.1, 0.15) is 0 Å². The number of alkyl halides is 3. The molecule has 0 unspecified atom stereocenters. The van der Waals surface area contributed by atoms with Gasteiger partial charge in [-0.05, 0) is 49.1 Å². The van der Waals surface area contributed by atoms with Gasteiger partial charge in [0.2, 0.25) is 5.91 Å². The van der Waals surface area contributed by atoms with Crippen molar-refractivity contribution in [3.05, 3.63) is 69.2 Å². The van der Waals surface area contributed by atoms with Crippen molar-refractivity contribution in [3.8, 4) is 5.69 Å². The number of nitrogens with zero attached hydrogens (tertiary/aromatic N) is 3. The maximum atomic E-state index is 13.7. The Hall–Kier alpha value is -3.14. The van der Waals surface area contributed by atoms with Gasteiger partial charge in [-0.15, -0.1) is 11.3 Å². The number of carbonyl (C=O) groups is 2. The van der Waals surface area contributed by atoms with Crippen molar-refractivity contribution in [3.63, 3.8) is 0 Å². The van der Waals surface area contributed by atoms with E-state index >= 15 is 0 Å². The summed E-state index contributed by atoms with van der Waals surface area (Å²) in [4.78, 5) is 26.1. The van der Waals surface area contributed by atoms with Gasteiger partial charge >= 0.3 is 6.18 Å². The van der Waals surface area contributed by atoms with Crippen LogP contribution < -0.4 is 5.32 Å². The van der Waals surface area contributed by atoms with Crippen LogP contribution in [0, 0.1) is 13.8 Å². The van der Waals surface area contributed by atoms with Gasteiger partial charge in [-0.25, -0.2) is 4.68 Å². The number of benzene rings is 1. The van der Waals surface area contributed by atoms with E-state index in [1.165, 1.54) is 40.1 Å². The minimum absolute atomic E-state index is 0.0710. The molecule has 0 atom stereocenters. The Morgan fingerprint density at radius 2 is 1.94 bits per heavy atom. The molecule has 164 valence electrons. The van der Waals surface area contributed by atoms with Crippen molar-refractivity contribution in [1.82, 2.24) is 20.0 Å². The van der Waals surface area contributed by atoms with E-state index in [-0.39, 0.29) is 30.2 Å². The van der Waals surface area contributed by atoms with Crippen molar-refractivity contribution < 1.29 is 22.8 Å². The third-order valence-electron chi connectivity index (χ3n) is 4.59. The molecule has 0 saturated carbocycles. The highest BCUT2D eigenvalue weighted by Gasteiger charge is 2.34. The minimum Gasteiger partial charge on any atom is -0.350 e. The minimum atomic E-state index is -4.60. The molecular formula is C21H21F3N4O2S. The number of carbonyl (C=O) groups excluding carboxylic acids is 2. The number of aryl methyl sites for hydroxylation is 2. The topological polar surface area (TPSA) is 67.2 Å². The van der Waals surface area contributed by atoms with Gasteiger partial charge in [0.15, 0.2) is 0 Å². The van der Waals surface area contributed by atoms with Gasteiger partial charge < -0.3 is 10.2 Å². The van der Waals surface area contributed by atoms with Crippen LogP contribution >= 0.6 is 11.3 Å². The lowest BCUT2D eigenvalue weighted by atomic mass is 10.1. The van der Waals surface area contributed by atoms with Crippen molar-refractivity contribution in [1.29, 1.82) is 0 Å². The van der Waals surface area contributed by atoms with Gasteiger partial charge in [0, 0.05) is 19.3 Å². The Balaban J connectivity index is 1.72. The lowest BCUT2D eigenvalue weighted by Crippen LogP contribution is -2.38. The van der Waals surface area contributed by atoms with Gasteiger partial charge in [0.05, 0.1) is 28.4 Å². The Morgan fingerprint density at radius 1 is 1.19 bits per heavy atom. The Morgan fingerprint density at radius 3 is 2.52 bits per heavy atom. The monoisotopic (exact) mass is 450 g/mol. The zero-order valence-electron chi connectivity index (χ0n) is 17.2. The van der Waals surface area contributed by atoms with E-state index in [2.05, 4.69) is 10.4 Å². The second kappa shape index (κ2) is 8.93. The first kappa shape index (κ1) is 22.5. The number of hydrogen-bond donors (Lipinski definition) is 1. The number of nitrogens with one attached hydrogen (secondary N) is 1. The normalized spacial score (nSPS) is 11.4. The van der Waals surface area contributed by atoms with Gasteiger partial charge in [-0.1, -0.05) is 12.1 Å². The molecule has 0 aliphatic rings. The Labute approximate surface area is 181 Å². The number of halogens is 3. The molecule has 31 heavy (non-hydrogen) atoms. The highest BCUT2D eigenvalue weighted by Crippen LogP contribution is 2.33. The molecule has 0 spiro atoms. The standard InChI is InChI=1S/C21H21F3N4O2S/c1-13-9-14(2)28(26-13)16-7-6-15(17(10-16)21(22,23)24)11-25-19(29)12-27(3)20(30)18-5-4-8-31-18/h4-10H,11-12H2,1-3H3,(H,25,29). The summed E-state index contributed by atoms with van der Waals surface area (Å²) in [6.07, 6.45) is -4.60. The maximum absolute atomic E-state index is 13.7. The summed E-state index contributed by atoms with van der Waals surface area (Å²) in [5, 5.41) is 8.43. The molecule has 2 aromatic heterocycles. The Kier molecular flexibility index (Phi) is 6.49. The van der Waals surface area contributed by atoms with Crippen LogP contribution in [0.15, 0.2) is 41.8 Å². The lowest BCUT2D eigenvalue weighted by Gasteiger charge is -2.18. The summed E-state index contributed by atoms with van der Waals surface area (Å²) < 4.78 is 42.4. The third kappa shape index (κ3) is 5.32. The average Bonchev–Trinajstić information content (AvgIpc) is 3.34. The number of rotatable bonds is 6. The SMILES string of the molecule is Cc1cc(C)n(-c2ccc(CNC(=O)CN(C)C(=O)c3cccs3)c(C(F)(F)F)c2)n1. The van der Waals surface area contributed by atoms with Crippen LogP contribution in [-0.2, 0) is 17.5 Å². The molecular weight excluding hydrogens is 429 g/mol. The molecule has 3 rings (SSSR count). The largest absolute Gasteiger partial charge is 0.416 e. The predicted molar refractivity (Wildman–Crippen MR) is 111 cm³/mol. The van der Waals surface area contributed by atoms with Gasteiger partial charge in [-0.3, -0.25) is 9.59 Å². The van der Waals surface area contributed by atoms with E-state index < -0.39 is 17.6 Å². The summed E-state index contributed by atoms with van der Waals surface area (Å²) in [5.41, 5.74) is 0.780. The summed E-state index contributed by atoms with van der Waals surface area (Å²) in [7, 11) is 1.46. The van der Waals surface area contributed by atoms with Crippen molar-refractivity contribution in [2.45, 2.75) is 26.6 Å². The number of likely N-dealkylation sites (N-methyl/N-ethyl adjacent to an activating group) is 1. The molecule has 10 heteroatoms. The number of amides is 2. The highest BCUT2D eigenvalue weighted by atomic mass is 32.1. The molecule has 1 N–H and O–H groups in total. The van der Waals surface area contributed by atoms with Crippen LogP contribution in [-0.4, -0.2) is 40.1 Å². The second-order valence-electron chi connectivity index (χ2n) is 7.09. The molecule has 2 amide bonds. The number of thiophene rings is 1. The van der Waals surface area contributed by atoms with Crippen molar-refractivity contribution >= 4 is 23.2 Å². The van der Waals surface area contributed by atoms with E-state index in [9.17, 15) is 22.8 Å². The van der Waals surface area contributed by atoms with Crippen LogP contribution in [0.1, 0.15) is 32.2 Å². The first-order valence-electron chi connectivity index (χ1n) is 9.35. The quantitative estimate of drug-likeness (QED) is 0.618. The summed E-state index contributed by atoms with van der Waals surface area (Å²) >= 11 is 1.25. The average molecular weight is 450 g/mol. The summed E-state index contributed by atoms with van der Waals surface area (Å²) in [5.74, 6) is -0.876. The molecule has 0 saturated heterocycles. The van der Waals surface area contributed by atoms with Crippen molar-refractivity contribution in [2.24, 2.45) is 0 Å². The fourth-order valence-electron chi connectivity index (χ4n) is 3.13. The zero-order chi connectivity index (χ0) is 22.8. The van der Waals surface area contributed by atoms with E-state index in [4.69, 9.17) is 0 Å². The van der Waals surface area contributed by atoms with Gasteiger partial charge in [-0.2, -0.15) is 18.3 Å². The third-order valence-corrected chi connectivity index (χ3v) is 5.45. The van der Waals surface area contributed by atoms with E-state index in [0.29, 0.717) is 16.3 Å². The summed E-state index contributed by atoms with van der Waals surface area (Å²) in [6.45, 7) is 2.95. The molecule has 1 aromatic carbocycles. The van der Waals surface area contributed by atoms with E-state index in [1.54, 1.807) is 37.4 Å².